The van der Waals surface area contributed by atoms with Gasteiger partial charge in [-0.25, -0.2) is 13.1 Å². The van der Waals surface area contributed by atoms with Gasteiger partial charge >= 0.3 is 0 Å². The number of rotatable bonds is 6. The van der Waals surface area contributed by atoms with E-state index in [4.69, 9.17) is 0 Å². The lowest BCUT2D eigenvalue weighted by Crippen LogP contribution is -2.27. The predicted octanol–water partition coefficient (Wildman–Crippen LogP) is 1.43. The van der Waals surface area contributed by atoms with Crippen LogP contribution < -0.4 is 10.0 Å². The minimum Gasteiger partial charge on any atom is -0.320 e. The molecule has 2 N–H and O–H groups in total. The van der Waals surface area contributed by atoms with Gasteiger partial charge in [0.05, 0.1) is 5.52 Å². The summed E-state index contributed by atoms with van der Waals surface area (Å²) in [6, 6.07) is 7.13. The summed E-state index contributed by atoms with van der Waals surface area (Å²) in [4.78, 5) is 4.50. The number of sulfonamides is 1. The highest BCUT2D eigenvalue weighted by Crippen LogP contribution is 2.21. The number of nitrogens with one attached hydrogen (secondary N) is 2. The lowest BCUT2D eigenvalue weighted by Gasteiger charge is -2.09. The van der Waals surface area contributed by atoms with Gasteiger partial charge in [-0.05, 0) is 44.6 Å². The Hall–Kier alpha value is -1.50. The van der Waals surface area contributed by atoms with Crippen LogP contribution in [0.25, 0.3) is 10.9 Å². The zero-order valence-electron chi connectivity index (χ0n) is 11.7. The number of hydrogen-bond acceptors (Lipinski definition) is 4. The minimum atomic E-state index is -3.52. The van der Waals surface area contributed by atoms with E-state index < -0.39 is 10.0 Å². The number of benzene rings is 1. The molecule has 0 fully saturated rings. The molecule has 0 aliphatic carbocycles. The molecule has 0 aliphatic rings. The highest BCUT2D eigenvalue weighted by molar-refractivity contribution is 7.89. The Labute approximate surface area is 119 Å². The van der Waals surface area contributed by atoms with E-state index in [0.717, 1.165) is 23.9 Å². The fourth-order valence-corrected chi connectivity index (χ4v) is 3.26. The molecule has 2 rings (SSSR count). The third-order valence-corrected chi connectivity index (χ3v) is 4.49. The molecule has 20 heavy (non-hydrogen) atoms. The van der Waals surface area contributed by atoms with Crippen LogP contribution in [0.15, 0.2) is 35.4 Å². The van der Waals surface area contributed by atoms with Crippen molar-refractivity contribution in [2.24, 2.45) is 0 Å². The van der Waals surface area contributed by atoms with Crippen LogP contribution in [0, 0.1) is 6.92 Å². The molecule has 1 aromatic carbocycles. The van der Waals surface area contributed by atoms with E-state index in [9.17, 15) is 8.42 Å². The molecule has 0 unspecified atom stereocenters. The zero-order valence-corrected chi connectivity index (χ0v) is 12.5. The van der Waals surface area contributed by atoms with Gasteiger partial charge in [0, 0.05) is 18.1 Å². The molecule has 0 amide bonds. The lowest BCUT2D eigenvalue weighted by atomic mass is 10.2. The quantitative estimate of drug-likeness (QED) is 0.790. The molecule has 2 aromatic rings. The van der Waals surface area contributed by atoms with Gasteiger partial charge in [-0.15, -0.1) is 0 Å². The summed E-state index contributed by atoms with van der Waals surface area (Å²) in [6.07, 6.45) is 2.43. The third-order valence-electron chi connectivity index (χ3n) is 3.00. The fourth-order valence-electron chi connectivity index (χ4n) is 2.01. The van der Waals surface area contributed by atoms with Gasteiger partial charge in [0.25, 0.3) is 0 Å². The van der Waals surface area contributed by atoms with Crippen LogP contribution >= 0.6 is 0 Å². The smallest absolute Gasteiger partial charge is 0.242 e. The highest BCUT2D eigenvalue weighted by Gasteiger charge is 2.17. The van der Waals surface area contributed by atoms with Crippen molar-refractivity contribution in [1.82, 2.24) is 15.0 Å². The van der Waals surface area contributed by atoms with Crippen molar-refractivity contribution in [2.45, 2.75) is 18.2 Å². The first-order chi connectivity index (χ1) is 9.54. The molecule has 0 saturated heterocycles. The van der Waals surface area contributed by atoms with Gasteiger partial charge in [-0.3, -0.25) is 4.98 Å². The Balaban J connectivity index is 2.32. The zero-order chi connectivity index (χ0) is 14.6. The fraction of sp³-hybridized carbons (Fsp3) is 0.357. The molecule has 0 radical (unpaired) electrons. The topological polar surface area (TPSA) is 71.1 Å². The molecular formula is C14H19N3O2S. The van der Waals surface area contributed by atoms with Gasteiger partial charge < -0.3 is 5.32 Å². The van der Waals surface area contributed by atoms with Gasteiger partial charge in [-0.2, -0.15) is 0 Å². The van der Waals surface area contributed by atoms with E-state index in [-0.39, 0.29) is 4.90 Å². The monoisotopic (exact) mass is 293 g/mol. The van der Waals surface area contributed by atoms with Gasteiger partial charge in [0.2, 0.25) is 10.0 Å². The average Bonchev–Trinajstić information content (AvgIpc) is 2.42. The van der Waals surface area contributed by atoms with Crippen LogP contribution in [-0.2, 0) is 10.0 Å². The number of aryl methyl sites for hydroxylation is 1. The van der Waals surface area contributed by atoms with Crippen LogP contribution in [0.3, 0.4) is 0 Å². The maximum atomic E-state index is 12.3. The summed E-state index contributed by atoms with van der Waals surface area (Å²) >= 11 is 0. The molecule has 0 saturated carbocycles. The SMILES string of the molecule is CNCCCNS(=O)(=O)c1cccc2cc(C)cnc12. The van der Waals surface area contributed by atoms with E-state index in [0.29, 0.717) is 12.1 Å². The predicted molar refractivity (Wildman–Crippen MR) is 80.2 cm³/mol. The normalized spacial score (nSPS) is 11.9. The third kappa shape index (κ3) is 3.33. The lowest BCUT2D eigenvalue weighted by molar-refractivity contribution is 0.578. The van der Waals surface area contributed by atoms with E-state index in [1.54, 1.807) is 18.3 Å². The summed E-state index contributed by atoms with van der Waals surface area (Å²) in [5.74, 6) is 0. The maximum Gasteiger partial charge on any atom is 0.242 e. The van der Waals surface area contributed by atoms with Crippen LogP contribution in [0.2, 0.25) is 0 Å². The van der Waals surface area contributed by atoms with E-state index in [1.165, 1.54) is 0 Å². The van der Waals surface area contributed by atoms with Crippen molar-refractivity contribution in [2.75, 3.05) is 20.1 Å². The second-order valence-corrected chi connectivity index (χ2v) is 6.43. The molecule has 0 spiro atoms. The summed E-state index contributed by atoms with van der Waals surface area (Å²) < 4.78 is 27.3. The summed E-state index contributed by atoms with van der Waals surface area (Å²) in [5.41, 5.74) is 1.52. The number of para-hydroxylation sites is 1. The average molecular weight is 293 g/mol. The molecule has 0 aliphatic heterocycles. The second kappa shape index (κ2) is 6.30. The summed E-state index contributed by atoms with van der Waals surface area (Å²) in [7, 11) is -1.68. The Morgan fingerprint density at radius 2 is 2.05 bits per heavy atom. The van der Waals surface area contributed by atoms with Crippen LogP contribution in [0.4, 0.5) is 0 Å². The first kappa shape index (κ1) is 14.9. The molecule has 108 valence electrons. The first-order valence-corrected chi connectivity index (χ1v) is 8.02. The molecule has 0 bridgehead atoms. The molecular weight excluding hydrogens is 274 g/mol. The summed E-state index contributed by atoms with van der Waals surface area (Å²) in [6.45, 7) is 3.12. The first-order valence-electron chi connectivity index (χ1n) is 6.54. The standard InChI is InChI=1S/C14H19N3O2S/c1-11-9-12-5-3-6-13(14(12)16-10-11)20(18,19)17-8-4-7-15-2/h3,5-6,9-10,15,17H,4,7-8H2,1-2H3. The van der Waals surface area contributed by atoms with Crippen LogP contribution in [0.1, 0.15) is 12.0 Å². The number of hydrogen-bond donors (Lipinski definition) is 2. The molecule has 6 heteroatoms. The van der Waals surface area contributed by atoms with E-state index >= 15 is 0 Å². The van der Waals surface area contributed by atoms with E-state index in [2.05, 4.69) is 15.0 Å². The summed E-state index contributed by atoms with van der Waals surface area (Å²) in [5, 5.41) is 3.82. The van der Waals surface area contributed by atoms with Crippen molar-refractivity contribution in [3.8, 4) is 0 Å². The Morgan fingerprint density at radius 1 is 1.25 bits per heavy atom. The van der Waals surface area contributed by atoms with Crippen LogP contribution in [0.5, 0.6) is 0 Å². The Morgan fingerprint density at radius 3 is 2.80 bits per heavy atom. The molecule has 1 aromatic heterocycles. The minimum absolute atomic E-state index is 0.236. The van der Waals surface area contributed by atoms with Gasteiger partial charge in [0.1, 0.15) is 4.90 Å². The van der Waals surface area contributed by atoms with Crippen molar-refractivity contribution in [3.63, 3.8) is 0 Å². The largest absolute Gasteiger partial charge is 0.320 e. The van der Waals surface area contributed by atoms with E-state index in [1.807, 2.05) is 26.1 Å². The van der Waals surface area contributed by atoms with Crippen molar-refractivity contribution < 1.29 is 8.42 Å². The number of pyridine rings is 1. The maximum absolute atomic E-state index is 12.3. The molecule has 0 atom stereocenters. The number of fused-ring (bicyclic) bond motifs is 1. The van der Waals surface area contributed by atoms with Crippen molar-refractivity contribution in [3.05, 3.63) is 36.0 Å². The molecule has 1 heterocycles. The number of aromatic nitrogens is 1. The van der Waals surface area contributed by atoms with Gasteiger partial charge in [0.15, 0.2) is 0 Å². The van der Waals surface area contributed by atoms with Crippen molar-refractivity contribution in [1.29, 1.82) is 0 Å². The van der Waals surface area contributed by atoms with Crippen LogP contribution in [-0.4, -0.2) is 33.5 Å². The Kier molecular flexibility index (Phi) is 4.69. The van der Waals surface area contributed by atoms with Gasteiger partial charge in [-0.1, -0.05) is 12.1 Å². The second-order valence-electron chi connectivity index (χ2n) is 4.70. The van der Waals surface area contributed by atoms with Crippen molar-refractivity contribution >= 4 is 20.9 Å². The molecule has 5 nitrogen and oxygen atoms in total. The Bertz CT molecular complexity index is 699. The highest BCUT2D eigenvalue weighted by atomic mass is 32.2. The number of nitrogens with zero attached hydrogens (tertiary/aromatic N) is 1.